The van der Waals surface area contributed by atoms with E-state index >= 15 is 0 Å². The Labute approximate surface area is 73.1 Å². The molecule has 78 valence electrons. The fraction of sp³-hybridized carbons (Fsp3) is 1.00. The normalized spacial score (nSPS) is 25.8. The summed E-state index contributed by atoms with van der Waals surface area (Å²) in [6.07, 6.45) is -6.62. The van der Waals surface area contributed by atoms with E-state index in [-0.39, 0.29) is 0 Å². The maximum absolute atomic E-state index is 12.4. The van der Waals surface area contributed by atoms with E-state index in [1.165, 1.54) is 13.8 Å². The second kappa shape index (κ2) is 2.58. The summed E-state index contributed by atoms with van der Waals surface area (Å²) in [7, 11) is 0. The Morgan fingerprint density at radius 1 is 1.08 bits per heavy atom. The Kier molecular flexibility index (Phi) is 2.13. The highest BCUT2D eigenvalue weighted by Crippen LogP contribution is 2.63. The Bertz CT molecular complexity index is 195. The quantitative estimate of drug-likeness (QED) is 0.569. The maximum Gasteiger partial charge on any atom is 0.395 e. The first-order chi connectivity index (χ1) is 5.61. The SMILES string of the molecule is CC(C)C1(C(F)(F)F)CC(F)(F)C1. The highest BCUT2D eigenvalue weighted by molar-refractivity contribution is 5.04. The van der Waals surface area contributed by atoms with E-state index in [0.717, 1.165) is 0 Å². The molecule has 1 rings (SSSR count). The van der Waals surface area contributed by atoms with Crippen LogP contribution in [0.4, 0.5) is 22.0 Å². The molecule has 0 nitrogen and oxygen atoms in total. The van der Waals surface area contributed by atoms with Crippen molar-refractivity contribution >= 4 is 0 Å². The van der Waals surface area contributed by atoms with Crippen LogP contribution in [0, 0.1) is 11.3 Å². The highest BCUT2D eigenvalue weighted by atomic mass is 19.4. The van der Waals surface area contributed by atoms with Gasteiger partial charge in [-0.3, -0.25) is 0 Å². The molecular weight excluding hydrogens is 191 g/mol. The standard InChI is InChI=1S/C8H11F5/c1-5(2)6(8(11,12)13)3-7(9,10)4-6/h5H,3-4H2,1-2H3. The third kappa shape index (κ3) is 1.53. The molecule has 0 aromatic rings. The topological polar surface area (TPSA) is 0 Å². The summed E-state index contributed by atoms with van der Waals surface area (Å²) in [5.74, 6) is -3.91. The Morgan fingerprint density at radius 2 is 1.46 bits per heavy atom. The van der Waals surface area contributed by atoms with Crippen molar-refractivity contribution in [3.63, 3.8) is 0 Å². The summed E-state index contributed by atoms with van der Waals surface area (Å²) in [6.45, 7) is 2.67. The lowest BCUT2D eigenvalue weighted by molar-refractivity contribution is -0.324. The lowest BCUT2D eigenvalue weighted by atomic mass is 9.59. The molecular formula is C8H11F5. The van der Waals surface area contributed by atoms with Crippen molar-refractivity contribution in [2.24, 2.45) is 11.3 Å². The molecule has 13 heavy (non-hydrogen) atoms. The Hall–Kier alpha value is -0.350. The van der Waals surface area contributed by atoms with Gasteiger partial charge < -0.3 is 0 Å². The third-order valence-corrected chi connectivity index (χ3v) is 2.82. The Balaban J connectivity index is 2.84. The predicted octanol–water partition coefficient (Wildman–Crippen LogP) is 3.62. The number of hydrogen-bond donors (Lipinski definition) is 0. The highest BCUT2D eigenvalue weighted by Gasteiger charge is 2.70. The van der Waals surface area contributed by atoms with Crippen molar-refractivity contribution in [3.8, 4) is 0 Å². The molecule has 0 atom stereocenters. The smallest absolute Gasteiger partial charge is 0.207 e. The average molecular weight is 202 g/mol. The van der Waals surface area contributed by atoms with Gasteiger partial charge in [0.15, 0.2) is 0 Å². The van der Waals surface area contributed by atoms with Crippen molar-refractivity contribution in [1.82, 2.24) is 0 Å². The number of rotatable bonds is 1. The monoisotopic (exact) mass is 202 g/mol. The molecule has 0 heterocycles. The van der Waals surface area contributed by atoms with Crippen LogP contribution in [-0.4, -0.2) is 12.1 Å². The minimum absolute atomic E-state index is 0.785. The lowest BCUT2D eigenvalue weighted by Crippen LogP contribution is -2.57. The second-order valence-electron chi connectivity index (χ2n) is 4.02. The van der Waals surface area contributed by atoms with Crippen molar-refractivity contribution in [2.45, 2.75) is 38.8 Å². The fourth-order valence-corrected chi connectivity index (χ4v) is 1.81. The molecule has 0 aromatic heterocycles. The molecule has 0 N–H and O–H groups in total. The number of hydrogen-bond acceptors (Lipinski definition) is 0. The zero-order valence-corrected chi connectivity index (χ0v) is 7.38. The van der Waals surface area contributed by atoms with Gasteiger partial charge in [-0.05, 0) is 5.92 Å². The van der Waals surface area contributed by atoms with E-state index < -0.39 is 36.3 Å². The molecule has 1 aliphatic carbocycles. The van der Waals surface area contributed by atoms with Gasteiger partial charge in [0.05, 0.1) is 5.41 Å². The first-order valence-corrected chi connectivity index (χ1v) is 4.05. The second-order valence-corrected chi connectivity index (χ2v) is 4.02. The van der Waals surface area contributed by atoms with Crippen LogP contribution in [-0.2, 0) is 0 Å². The molecule has 5 heteroatoms. The van der Waals surface area contributed by atoms with Crippen LogP contribution in [0.2, 0.25) is 0 Å². The molecule has 1 saturated carbocycles. The van der Waals surface area contributed by atoms with Gasteiger partial charge in [0.1, 0.15) is 0 Å². The van der Waals surface area contributed by atoms with Crippen molar-refractivity contribution in [2.75, 3.05) is 0 Å². The summed E-state index contributed by atoms with van der Waals surface area (Å²) in [5.41, 5.74) is -2.16. The molecule has 0 saturated heterocycles. The van der Waals surface area contributed by atoms with E-state index in [0.29, 0.717) is 0 Å². The molecule has 0 aromatic carbocycles. The zero-order valence-electron chi connectivity index (χ0n) is 7.38. The van der Waals surface area contributed by atoms with E-state index in [4.69, 9.17) is 0 Å². The molecule has 1 fully saturated rings. The van der Waals surface area contributed by atoms with Gasteiger partial charge in [-0.25, -0.2) is 8.78 Å². The lowest BCUT2D eigenvalue weighted by Gasteiger charge is -2.50. The van der Waals surface area contributed by atoms with Gasteiger partial charge in [0, 0.05) is 12.8 Å². The summed E-state index contributed by atoms with van der Waals surface area (Å²) in [6, 6.07) is 0. The maximum atomic E-state index is 12.4. The van der Waals surface area contributed by atoms with Gasteiger partial charge in [-0.15, -0.1) is 0 Å². The van der Waals surface area contributed by atoms with Crippen LogP contribution in [0.15, 0.2) is 0 Å². The number of halogens is 5. The largest absolute Gasteiger partial charge is 0.395 e. The zero-order chi connectivity index (χ0) is 10.5. The van der Waals surface area contributed by atoms with Crippen LogP contribution < -0.4 is 0 Å². The van der Waals surface area contributed by atoms with E-state index in [1.807, 2.05) is 0 Å². The van der Waals surface area contributed by atoms with Crippen molar-refractivity contribution < 1.29 is 22.0 Å². The van der Waals surface area contributed by atoms with Crippen molar-refractivity contribution in [1.29, 1.82) is 0 Å². The minimum atomic E-state index is -4.51. The summed E-state index contributed by atoms with van der Waals surface area (Å²) < 4.78 is 62.1. The molecule has 0 radical (unpaired) electrons. The molecule has 0 aliphatic heterocycles. The van der Waals surface area contributed by atoms with Crippen LogP contribution in [0.25, 0.3) is 0 Å². The fourth-order valence-electron chi connectivity index (χ4n) is 1.81. The van der Waals surface area contributed by atoms with Crippen LogP contribution >= 0.6 is 0 Å². The van der Waals surface area contributed by atoms with Gasteiger partial charge in [0.2, 0.25) is 5.92 Å². The van der Waals surface area contributed by atoms with Gasteiger partial charge in [-0.1, -0.05) is 13.8 Å². The summed E-state index contributed by atoms with van der Waals surface area (Å²) in [4.78, 5) is 0. The minimum Gasteiger partial charge on any atom is -0.207 e. The van der Waals surface area contributed by atoms with Gasteiger partial charge >= 0.3 is 6.18 Å². The average Bonchev–Trinajstić information content (AvgIpc) is 1.78. The van der Waals surface area contributed by atoms with Crippen molar-refractivity contribution in [3.05, 3.63) is 0 Å². The summed E-state index contributed by atoms with van der Waals surface area (Å²) in [5, 5.41) is 0. The van der Waals surface area contributed by atoms with Gasteiger partial charge in [-0.2, -0.15) is 13.2 Å². The molecule has 0 spiro atoms. The van der Waals surface area contributed by atoms with E-state index in [1.54, 1.807) is 0 Å². The molecule has 0 bridgehead atoms. The van der Waals surface area contributed by atoms with E-state index in [2.05, 4.69) is 0 Å². The summed E-state index contributed by atoms with van der Waals surface area (Å²) >= 11 is 0. The molecule has 0 amide bonds. The number of alkyl halides is 5. The molecule has 1 aliphatic rings. The van der Waals surface area contributed by atoms with Crippen LogP contribution in [0.5, 0.6) is 0 Å². The van der Waals surface area contributed by atoms with Crippen LogP contribution in [0.1, 0.15) is 26.7 Å². The first kappa shape index (κ1) is 10.7. The molecule has 0 unspecified atom stereocenters. The third-order valence-electron chi connectivity index (χ3n) is 2.82. The predicted molar refractivity (Wildman–Crippen MR) is 37.5 cm³/mol. The van der Waals surface area contributed by atoms with Crippen LogP contribution in [0.3, 0.4) is 0 Å². The van der Waals surface area contributed by atoms with E-state index in [9.17, 15) is 22.0 Å². The van der Waals surface area contributed by atoms with Gasteiger partial charge in [0.25, 0.3) is 0 Å². The Morgan fingerprint density at radius 3 is 1.54 bits per heavy atom. The first-order valence-electron chi connectivity index (χ1n) is 4.05.